The van der Waals surface area contributed by atoms with Crippen molar-refractivity contribution < 1.29 is 0 Å². The first kappa shape index (κ1) is 32.1. The molecule has 0 N–H and O–H groups in total. The molecule has 3 aromatic heterocycles. The summed E-state index contributed by atoms with van der Waals surface area (Å²) in [6, 6.07) is 75.7. The lowest BCUT2D eigenvalue weighted by Crippen LogP contribution is -1.94. The van der Waals surface area contributed by atoms with Crippen LogP contribution in [-0.4, -0.2) is 9.13 Å². The first-order valence-corrected chi connectivity index (χ1v) is 20.3. The molecule has 0 fully saturated rings. The van der Waals surface area contributed by atoms with Crippen molar-refractivity contribution in [1.82, 2.24) is 9.13 Å². The molecule has 0 spiro atoms. The van der Waals surface area contributed by atoms with Gasteiger partial charge in [0.25, 0.3) is 0 Å². The second-order valence-electron chi connectivity index (χ2n) is 14.9. The topological polar surface area (TPSA) is 9.86 Å². The van der Waals surface area contributed by atoms with Gasteiger partial charge in [-0.05, 0) is 112 Å². The second kappa shape index (κ2) is 12.7. The van der Waals surface area contributed by atoms with Crippen molar-refractivity contribution in [3.63, 3.8) is 0 Å². The Kier molecular flexibility index (Phi) is 7.13. The van der Waals surface area contributed by atoms with E-state index < -0.39 is 0 Å². The zero-order chi connectivity index (χ0) is 37.5. The highest BCUT2D eigenvalue weighted by molar-refractivity contribution is 7.25. The summed E-state index contributed by atoms with van der Waals surface area (Å²) < 4.78 is 7.46. The number of para-hydroxylation sites is 2. The van der Waals surface area contributed by atoms with Crippen LogP contribution in [0, 0.1) is 0 Å². The number of nitrogens with zero attached hydrogens (tertiary/aromatic N) is 2. The molecule has 0 amide bonds. The van der Waals surface area contributed by atoms with Crippen molar-refractivity contribution >= 4 is 75.1 Å². The Morgan fingerprint density at radius 2 is 0.667 bits per heavy atom. The predicted molar refractivity (Wildman–Crippen MR) is 244 cm³/mol. The van der Waals surface area contributed by atoms with Crippen LogP contribution in [0.5, 0.6) is 0 Å². The highest BCUT2D eigenvalue weighted by Gasteiger charge is 2.17. The van der Waals surface area contributed by atoms with Gasteiger partial charge in [0.1, 0.15) is 0 Å². The van der Waals surface area contributed by atoms with Gasteiger partial charge in [-0.15, -0.1) is 11.3 Å². The van der Waals surface area contributed by atoms with E-state index in [0.717, 1.165) is 5.69 Å². The predicted octanol–water partition coefficient (Wildman–Crippen LogP) is 15.2. The quantitative estimate of drug-likeness (QED) is 0.166. The minimum absolute atomic E-state index is 1.15. The highest BCUT2D eigenvalue weighted by Crippen LogP contribution is 2.41. The average molecular weight is 743 g/mol. The molecule has 3 heteroatoms. The van der Waals surface area contributed by atoms with E-state index in [9.17, 15) is 0 Å². The number of hydrogen-bond acceptors (Lipinski definition) is 1. The molecule has 0 atom stereocenters. The van der Waals surface area contributed by atoms with Gasteiger partial charge < -0.3 is 9.13 Å². The molecule has 0 aliphatic rings. The molecule has 0 radical (unpaired) electrons. The van der Waals surface area contributed by atoms with Crippen LogP contribution in [0.2, 0.25) is 0 Å². The summed E-state index contributed by atoms with van der Waals surface area (Å²) in [5.41, 5.74) is 14.4. The molecule has 3 heterocycles. The molecule has 0 aliphatic carbocycles. The van der Waals surface area contributed by atoms with Crippen molar-refractivity contribution in [1.29, 1.82) is 0 Å². The van der Waals surface area contributed by atoms with Gasteiger partial charge in [-0.2, -0.15) is 0 Å². The summed E-state index contributed by atoms with van der Waals surface area (Å²) in [6.07, 6.45) is 0. The lowest BCUT2D eigenvalue weighted by Gasteiger charge is -2.10. The smallest absolute Gasteiger partial charge is 0.0541 e. The van der Waals surface area contributed by atoms with Crippen LogP contribution in [-0.2, 0) is 0 Å². The zero-order valence-electron chi connectivity index (χ0n) is 30.9. The van der Waals surface area contributed by atoms with E-state index in [2.05, 4.69) is 215 Å². The fourth-order valence-electron chi connectivity index (χ4n) is 9.01. The van der Waals surface area contributed by atoms with E-state index >= 15 is 0 Å². The Morgan fingerprint density at radius 3 is 1.32 bits per heavy atom. The lowest BCUT2D eigenvalue weighted by atomic mass is 9.99. The van der Waals surface area contributed by atoms with E-state index in [1.807, 2.05) is 11.3 Å². The molecular weight excluding hydrogens is 709 g/mol. The third-order valence-corrected chi connectivity index (χ3v) is 12.9. The van der Waals surface area contributed by atoms with Gasteiger partial charge in [0.2, 0.25) is 0 Å². The highest BCUT2D eigenvalue weighted by atomic mass is 32.1. The lowest BCUT2D eigenvalue weighted by molar-refractivity contribution is 1.18. The number of rotatable bonds is 5. The average Bonchev–Trinajstić information content (AvgIpc) is 3.93. The van der Waals surface area contributed by atoms with Crippen LogP contribution >= 0.6 is 11.3 Å². The second-order valence-corrected chi connectivity index (χ2v) is 16.0. The number of benzene rings is 9. The maximum Gasteiger partial charge on any atom is 0.0541 e. The fraction of sp³-hybridized carbons (Fsp3) is 0. The maximum absolute atomic E-state index is 2.43. The third kappa shape index (κ3) is 5.10. The summed E-state index contributed by atoms with van der Waals surface area (Å²) >= 11 is 1.87. The Hall–Kier alpha value is -7.20. The van der Waals surface area contributed by atoms with Gasteiger partial charge in [0.05, 0.1) is 22.1 Å². The van der Waals surface area contributed by atoms with Gasteiger partial charge in [-0.1, -0.05) is 127 Å². The largest absolute Gasteiger partial charge is 0.309 e. The van der Waals surface area contributed by atoms with E-state index in [0.29, 0.717) is 0 Å². The minimum atomic E-state index is 1.15. The van der Waals surface area contributed by atoms with E-state index in [4.69, 9.17) is 0 Å². The standard InChI is InChI=1S/C54H34N2S/c1-3-11-35(12-4-1)36-19-25-42(26-20-36)56-51-29-23-38(37-22-28-50-46(31-37)43-15-7-9-17-49(43)55(50)41-13-5-2-6-14-41)32-47(51)48-33-39(24-30-52(48)56)40-21-27-45-44-16-8-10-18-53(44)57-54(45)34-40/h1-34H. The van der Waals surface area contributed by atoms with E-state index in [1.165, 1.54) is 103 Å². The Bertz CT molecular complexity index is 3490. The molecular formula is C54H34N2S. The number of aromatic nitrogens is 2. The van der Waals surface area contributed by atoms with Crippen molar-refractivity contribution in [3.8, 4) is 44.8 Å². The molecule has 266 valence electrons. The summed E-state index contributed by atoms with van der Waals surface area (Å²) in [5.74, 6) is 0. The van der Waals surface area contributed by atoms with Crippen LogP contribution in [0.4, 0.5) is 0 Å². The minimum Gasteiger partial charge on any atom is -0.309 e. The van der Waals surface area contributed by atoms with Gasteiger partial charge in [0, 0.05) is 53.1 Å². The van der Waals surface area contributed by atoms with Crippen LogP contribution in [0.3, 0.4) is 0 Å². The molecule has 12 rings (SSSR count). The summed E-state index contributed by atoms with van der Waals surface area (Å²) in [6.45, 7) is 0. The molecule has 0 bridgehead atoms. The first-order chi connectivity index (χ1) is 28.2. The Morgan fingerprint density at radius 1 is 0.246 bits per heavy atom. The Balaban J connectivity index is 1.05. The monoisotopic (exact) mass is 742 g/mol. The maximum atomic E-state index is 2.43. The first-order valence-electron chi connectivity index (χ1n) is 19.5. The van der Waals surface area contributed by atoms with Crippen LogP contribution in [0.25, 0.3) is 109 Å². The normalized spacial score (nSPS) is 11.9. The molecule has 2 nitrogen and oxygen atoms in total. The number of thiophene rings is 1. The van der Waals surface area contributed by atoms with Crippen molar-refractivity contribution in [3.05, 3.63) is 206 Å². The van der Waals surface area contributed by atoms with Crippen molar-refractivity contribution in [2.24, 2.45) is 0 Å². The molecule has 0 unspecified atom stereocenters. The molecule has 0 saturated heterocycles. The SMILES string of the molecule is c1ccc(-c2ccc(-n3c4ccc(-c5ccc6c(c5)sc5ccccc56)cc4c4cc(-c5ccc6c(c5)c5ccccc5n6-c5ccccc5)ccc43)cc2)cc1. The number of hydrogen-bond donors (Lipinski definition) is 0. The van der Waals surface area contributed by atoms with Crippen molar-refractivity contribution in [2.45, 2.75) is 0 Å². The third-order valence-electron chi connectivity index (χ3n) is 11.7. The van der Waals surface area contributed by atoms with Crippen LogP contribution < -0.4 is 0 Å². The molecule has 12 aromatic rings. The molecule has 0 aliphatic heterocycles. The van der Waals surface area contributed by atoms with E-state index in [-0.39, 0.29) is 0 Å². The molecule has 57 heavy (non-hydrogen) atoms. The Labute approximate surface area is 333 Å². The summed E-state index contributed by atoms with van der Waals surface area (Å²) in [7, 11) is 0. The van der Waals surface area contributed by atoms with Crippen molar-refractivity contribution in [2.75, 3.05) is 0 Å². The van der Waals surface area contributed by atoms with Gasteiger partial charge in [-0.3, -0.25) is 0 Å². The summed E-state index contributed by atoms with van der Waals surface area (Å²) in [5, 5.41) is 7.66. The van der Waals surface area contributed by atoms with Gasteiger partial charge >= 0.3 is 0 Å². The van der Waals surface area contributed by atoms with Crippen LogP contribution in [0.15, 0.2) is 206 Å². The zero-order valence-corrected chi connectivity index (χ0v) is 31.7. The number of fused-ring (bicyclic) bond motifs is 9. The van der Waals surface area contributed by atoms with Gasteiger partial charge in [-0.25, -0.2) is 0 Å². The fourth-order valence-corrected chi connectivity index (χ4v) is 10.2. The molecule has 0 saturated carbocycles. The van der Waals surface area contributed by atoms with E-state index in [1.54, 1.807) is 0 Å². The summed E-state index contributed by atoms with van der Waals surface area (Å²) in [4.78, 5) is 0. The molecule has 9 aromatic carbocycles. The van der Waals surface area contributed by atoms with Gasteiger partial charge in [0.15, 0.2) is 0 Å². The van der Waals surface area contributed by atoms with Crippen LogP contribution in [0.1, 0.15) is 0 Å².